The molecule has 0 aromatic heterocycles. The van der Waals surface area contributed by atoms with Crippen molar-refractivity contribution >= 4 is 0 Å². The molecule has 1 aliphatic rings. The highest BCUT2D eigenvalue weighted by molar-refractivity contribution is 5.10. The van der Waals surface area contributed by atoms with Gasteiger partial charge in [-0.05, 0) is 25.2 Å². The standard InChI is InChI=1S/C8H15N/c1-7-3-2-4-8(7)5-6-9/h5,7H,2-4,6,9H2,1H3/b8-5+. The van der Waals surface area contributed by atoms with Crippen molar-refractivity contribution in [3.05, 3.63) is 11.6 Å². The summed E-state index contributed by atoms with van der Waals surface area (Å²) in [5.74, 6) is 0.813. The SMILES string of the molecule is CC1CCC/C1=C\CN. The van der Waals surface area contributed by atoms with Gasteiger partial charge in [0.25, 0.3) is 0 Å². The molecule has 1 saturated carbocycles. The Balaban J connectivity index is 2.48. The highest BCUT2D eigenvalue weighted by atomic mass is 14.5. The lowest BCUT2D eigenvalue weighted by Crippen LogP contribution is -1.97. The molecule has 0 aliphatic heterocycles. The average molecular weight is 125 g/mol. The Morgan fingerprint density at radius 2 is 2.56 bits per heavy atom. The zero-order valence-corrected chi connectivity index (χ0v) is 6.06. The van der Waals surface area contributed by atoms with Crippen molar-refractivity contribution in [2.24, 2.45) is 11.7 Å². The Morgan fingerprint density at radius 3 is 3.00 bits per heavy atom. The van der Waals surface area contributed by atoms with E-state index in [0.29, 0.717) is 0 Å². The van der Waals surface area contributed by atoms with Crippen molar-refractivity contribution in [1.29, 1.82) is 0 Å². The van der Waals surface area contributed by atoms with Gasteiger partial charge in [-0.3, -0.25) is 0 Å². The first-order chi connectivity index (χ1) is 4.34. The summed E-state index contributed by atoms with van der Waals surface area (Å²) in [4.78, 5) is 0. The molecule has 1 nitrogen and oxygen atoms in total. The summed E-state index contributed by atoms with van der Waals surface area (Å²) in [5, 5.41) is 0. The molecule has 0 aromatic carbocycles. The van der Waals surface area contributed by atoms with E-state index in [1.165, 1.54) is 19.3 Å². The van der Waals surface area contributed by atoms with Gasteiger partial charge in [0.05, 0.1) is 0 Å². The van der Waals surface area contributed by atoms with Crippen LogP contribution < -0.4 is 5.73 Å². The van der Waals surface area contributed by atoms with E-state index in [1.54, 1.807) is 5.57 Å². The first kappa shape index (κ1) is 6.81. The summed E-state index contributed by atoms with van der Waals surface area (Å²) in [6.07, 6.45) is 6.20. The molecule has 0 amide bonds. The monoisotopic (exact) mass is 125 g/mol. The molecular weight excluding hydrogens is 110 g/mol. The van der Waals surface area contributed by atoms with Crippen LogP contribution in [0.3, 0.4) is 0 Å². The van der Waals surface area contributed by atoms with Gasteiger partial charge in [0.15, 0.2) is 0 Å². The minimum atomic E-state index is 0.722. The molecule has 1 fully saturated rings. The second kappa shape index (κ2) is 3.02. The van der Waals surface area contributed by atoms with Gasteiger partial charge < -0.3 is 5.73 Å². The summed E-state index contributed by atoms with van der Waals surface area (Å²) >= 11 is 0. The van der Waals surface area contributed by atoms with E-state index in [0.717, 1.165) is 12.5 Å². The molecule has 1 rings (SSSR count). The molecule has 1 aliphatic carbocycles. The van der Waals surface area contributed by atoms with Crippen LogP contribution in [0.25, 0.3) is 0 Å². The molecule has 0 radical (unpaired) electrons. The third-order valence-corrected chi connectivity index (χ3v) is 2.12. The molecule has 1 heteroatoms. The van der Waals surface area contributed by atoms with Crippen LogP contribution in [0.1, 0.15) is 26.2 Å². The van der Waals surface area contributed by atoms with Crippen LogP contribution in [0.2, 0.25) is 0 Å². The quantitative estimate of drug-likeness (QED) is 0.530. The predicted octanol–water partition coefficient (Wildman–Crippen LogP) is 1.69. The Kier molecular flexibility index (Phi) is 2.29. The van der Waals surface area contributed by atoms with Crippen LogP contribution >= 0.6 is 0 Å². The first-order valence-electron chi connectivity index (χ1n) is 3.73. The highest BCUT2D eigenvalue weighted by Gasteiger charge is 2.14. The van der Waals surface area contributed by atoms with Crippen molar-refractivity contribution in [2.75, 3.05) is 6.54 Å². The van der Waals surface area contributed by atoms with Crippen molar-refractivity contribution in [1.82, 2.24) is 0 Å². The third-order valence-electron chi connectivity index (χ3n) is 2.12. The van der Waals surface area contributed by atoms with Gasteiger partial charge in [-0.1, -0.05) is 18.6 Å². The lowest BCUT2D eigenvalue weighted by atomic mass is 10.1. The molecule has 0 spiro atoms. The molecule has 0 saturated heterocycles. The molecule has 9 heavy (non-hydrogen) atoms. The van der Waals surface area contributed by atoms with Crippen molar-refractivity contribution in [3.8, 4) is 0 Å². The van der Waals surface area contributed by atoms with E-state index in [2.05, 4.69) is 13.0 Å². The van der Waals surface area contributed by atoms with Gasteiger partial charge in [0.1, 0.15) is 0 Å². The molecule has 52 valence electrons. The molecule has 0 bridgehead atoms. The second-order valence-electron chi connectivity index (χ2n) is 2.81. The maximum Gasteiger partial charge on any atom is 0.0109 e. The minimum Gasteiger partial charge on any atom is -0.327 e. The fraction of sp³-hybridized carbons (Fsp3) is 0.750. The van der Waals surface area contributed by atoms with E-state index >= 15 is 0 Å². The van der Waals surface area contributed by atoms with Crippen LogP contribution in [-0.4, -0.2) is 6.54 Å². The summed E-state index contributed by atoms with van der Waals surface area (Å²) < 4.78 is 0. The normalized spacial score (nSPS) is 31.8. The third kappa shape index (κ3) is 1.55. The Morgan fingerprint density at radius 1 is 1.78 bits per heavy atom. The van der Waals surface area contributed by atoms with Gasteiger partial charge >= 0.3 is 0 Å². The van der Waals surface area contributed by atoms with Gasteiger partial charge in [0.2, 0.25) is 0 Å². The number of hydrogen-bond donors (Lipinski definition) is 1. The van der Waals surface area contributed by atoms with E-state index in [1.807, 2.05) is 0 Å². The summed E-state index contributed by atoms with van der Waals surface area (Å²) in [6.45, 7) is 3.01. The topological polar surface area (TPSA) is 26.0 Å². The number of allylic oxidation sites excluding steroid dienone is 1. The summed E-state index contributed by atoms with van der Waals surface area (Å²) in [5.41, 5.74) is 6.98. The maximum atomic E-state index is 5.39. The molecule has 2 N–H and O–H groups in total. The van der Waals surface area contributed by atoms with E-state index in [4.69, 9.17) is 5.73 Å². The number of hydrogen-bond acceptors (Lipinski definition) is 1. The van der Waals surface area contributed by atoms with Gasteiger partial charge in [-0.2, -0.15) is 0 Å². The average Bonchev–Trinajstić information content (AvgIpc) is 2.18. The van der Waals surface area contributed by atoms with Gasteiger partial charge in [-0.15, -0.1) is 0 Å². The second-order valence-corrected chi connectivity index (χ2v) is 2.81. The molecule has 1 atom stereocenters. The van der Waals surface area contributed by atoms with Crippen molar-refractivity contribution in [2.45, 2.75) is 26.2 Å². The fourth-order valence-corrected chi connectivity index (χ4v) is 1.50. The van der Waals surface area contributed by atoms with E-state index in [-0.39, 0.29) is 0 Å². The van der Waals surface area contributed by atoms with Crippen LogP contribution in [0, 0.1) is 5.92 Å². The largest absolute Gasteiger partial charge is 0.327 e. The lowest BCUT2D eigenvalue weighted by molar-refractivity contribution is 0.694. The lowest BCUT2D eigenvalue weighted by Gasteiger charge is -2.01. The Hall–Kier alpha value is -0.300. The maximum absolute atomic E-state index is 5.39. The predicted molar refractivity (Wildman–Crippen MR) is 40.2 cm³/mol. The van der Waals surface area contributed by atoms with Crippen LogP contribution in [-0.2, 0) is 0 Å². The van der Waals surface area contributed by atoms with Crippen molar-refractivity contribution in [3.63, 3.8) is 0 Å². The van der Waals surface area contributed by atoms with Crippen molar-refractivity contribution < 1.29 is 0 Å². The van der Waals surface area contributed by atoms with Gasteiger partial charge in [0, 0.05) is 6.54 Å². The first-order valence-corrected chi connectivity index (χ1v) is 3.73. The van der Waals surface area contributed by atoms with Gasteiger partial charge in [-0.25, -0.2) is 0 Å². The number of nitrogens with two attached hydrogens (primary N) is 1. The molecule has 1 unspecified atom stereocenters. The number of rotatable bonds is 1. The van der Waals surface area contributed by atoms with E-state index in [9.17, 15) is 0 Å². The van der Waals surface area contributed by atoms with Crippen LogP contribution in [0.15, 0.2) is 11.6 Å². The summed E-state index contributed by atoms with van der Waals surface area (Å²) in [7, 11) is 0. The molecule has 0 heterocycles. The highest BCUT2D eigenvalue weighted by Crippen LogP contribution is 2.29. The molecular formula is C8H15N. The van der Waals surface area contributed by atoms with Crippen LogP contribution in [0.4, 0.5) is 0 Å². The zero-order valence-electron chi connectivity index (χ0n) is 6.06. The minimum absolute atomic E-state index is 0.722. The Bertz CT molecular complexity index is 116. The Labute approximate surface area is 56.9 Å². The molecule has 0 aromatic rings. The zero-order chi connectivity index (χ0) is 6.69. The van der Waals surface area contributed by atoms with E-state index < -0.39 is 0 Å². The van der Waals surface area contributed by atoms with Crippen LogP contribution in [0.5, 0.6) is 0 Å². The summed E-state index contributed by atoms with van der Waals surface area (Å²) in [6, 6.07) is 0. The fourth-order valence-electron chi connectivity index (χ4n) is 1.50. The smallest absolute Gasteiger partial charge is 0.0109 e.